The molecule has 8 aromatic rings. The Hall–Kier alpha value is -2.50. The molecule has 0 amide bonds. The van der Waals surface area contributed by atoms with Gasteiger partial charge in [0.1, 0.15) is 0 Å². The molecule has 0 saturated carbocycles. The first-order valence-corrected chi connectivity index (χ1v) is 28.7. The number of unbranched alkanes of at least 4 members (excludes halogenated alkanes) is 3. The molecule has 0 saturated heterocycles. The topological polar surface area (TPSA) is 14.2 Å². The van der Waals surface area contributed by atoms with Gasteiger partial charge in [-0.15, -0.1) is 38.7 Å². The molecule has 0 fully saturated rings. The monoisotopic (exact) mass is 851 g/mol. The van der Waals surface area contributed by atoms with Crippen LogP contribution in [0, 0.1) is 13.8 Å². The van der Waals surface area contributed by atoms with Crippen LogP contribution in [0.1, 0.15) is 57.6 Å². The second kappa shape index (κ2) is 15.9. The second-order valence-corrected chi connectivity index (χ2v) is 24.8. The Balaban J connectivity index is 0.00000140. The minimum atomic E-state index is -2.19. The maximum atomic E-state index is 6.05. The molecule has 2 heterocycles. The summed E-state index contributed by atoms with van der Waals surface area (Å²) in [7, 11) is 9.86. The van der Waals surface area contributed by atoms with E-state index >= 15 is 0 Å². The van der Waals surface area contributed by atoms with Crippen LogP contribution in [0.5, 0.6) is 0 Å². The summed E-state index contributed by atoms with van der Waals surface area (Å²) in [5.74, 6) is 0. The van der Waals surface area contributed by atoms with E-state index in [1.807, 2.05) is 11.3 Å². The molecule has 1 unspecified atom stereocenters. The van der Waals surface area contributed by atoms with E-state index in [1.54, 1.807) is 15.1 Å². The first-order valence-electron chi connectivity index (χ1n) is 18.8. The van der Waals surface area contributed by atoms with E-state index in [4.69, 9.17) is 21.8 Å². The zero-order valence-electron chi connectivity index (χ0n) is 32.0. The van der Waals surface area contributed by atoms with Crippen molar-refractivity contribution >= 4 is 99.6 Å². The van der Waals surface area contributed by atoms with E-state index in [1.165, 1.54) is 95.6 Å². The number of fused-ring (bicyclic) bond motifs is 7. The average molecular weight is 854 g/mol. The molecule has 1 atom stereocenters. The molecule has 53 heavy (non-hydrogen) atoms. The van der Waals surface area contributed by atoms with Crippen LogP contribution in [0.4, 0.5) is 0 Å². The fraction of sp³-hybridized carbons (Fsp3) is 0.304. The van der Waals surface area contributed by atoms with E-state index in [0.717, 1.165) is 13.0 Å². The van der Waals surface area contributed by atoms with Gasteiger partial charge >= 0.3 is 37.9 Å². The van der Waals surface area contributed by atoms with Crippen molar-refractivity contribution in [1.82, 2.24) is 4.57 Å². The third kappa shape index (κ3) is 7.32. The van der Waals surface area contributed by atoms with Crippen LogP contribution in [-0.2, 0) is 32.6 Å². The summed E-state index contributed by atoms with van der Waals surface area (Å²) < 4.78 is 11.3. The zero-order chi connectivity index (χ0) is 37.5. The number of benzene rings is 4. The molecule has 0 radical (unpaired) electrons. The Morgan fingerprint density at radius 3 is 2.26 bits per heavy atom. The van der Waals surface area contributed by atoms with Crippen molar-refractivity contribution in [3.63, 3.8) is 0 Å². The summed E-state index contributed by atoms with van der Waals surface area (Å²) in [5, 5.41) is 11.7. The van der Waals surface area contributed by atoms with Crippen LogP contribution in [0.3, 0.4) is 0 Å². The number of hydrogen-bond donors (Lipinski definition) is 0. The number of aryl methyl sites for hydroxylation is 2. The van der Waals surface area contributed by atoms with Crippen molar-refractivity contribution in [2.45, 2.75) is 78.5 Å². The van der Waals surface area contributed by atoms with Gasteiger partial charge in [0.25, 0.3) is 0 Å². The molecule has 2 aromatic heterocycles. The Morgan fingerprint density at radius 1 is 0.792 bits per heavy atom. The van der Waals surface area contributed by atoms with Gasteiger partial charge in [-0.25, -0.2) is 0 Å². The molecule has 0 aliphatic rings. The normalized spacial score (nSPS) is 13.2. The molecule has 0 bridgehead atoms. The van der Waals surface area contributed by atoms with E-state index in [-0.39, 0.29) is 5.60 Å². The summed E-state index contributed by atoms with van der Waals surface area (Å²) >= 11 is 1.20. The minimum absolute atomic E-state index is 0.0629. The van der Waals surface area contributed by atoms with Gasteiger partial charge in [0.05, 0.1) is 5.60 Å². The number of ether oxygens (including phenoxy) is 1. The maximum absolute atomic E-state index is 6.05. The molecule has 0 aliphatic carbocycles. The third-order valence-corrected chi connectivity index (χ3v) is 17.5. The van der Waals surface area contributed by atoms with Gasteiger partial charge in [-0.3, -0.25) is 0 Å². The fourth-order valence-corrected chi connectivity index (χ4v) is 15.6. The molecular formula is C46H49Cl2NOSSiZr. The quantitative estimate of drug-likeness (QED) is 0.0759. The number of rotatable bonds is 10. The summed E-state index contributed by atoms with van der Waals surface area (Å²) in [4.78, 5) is 0. The fourth-order valence-electron chi connectivity index (χ4n) is 8.81. The standard InChI is InChI=1S/C46H49NOSSi.2ClH.Zr/c1-30-31(2)45(44-43(30)37-18-11-13-22-41(37)49-44)50(7,28-15-9-8-14-27-48-46(3,4)5)42-26-24-34-33(19-16-20-36(34)42)32-23-25-40-38(29-32)35-17-10-12-21-39(35)47(40)6;;;/h10-13,16-26,29H,8-9,14-15,27-28H2,1-7H3;2*1H;/q-2;;;+4/p-2. The Bertz CT molecular complexity index is 2550. The SMILES string of the molecule is Cc1c(C)[c-]([Si](C)(CCCCCCOC(C)(C)C)[c-]2ccc3c(-c4ccc5c(c4)c4ccccc4n5C)cccc32)c2sc3ccccc3c12.[Cl][Zr+2][Cl]. The van der Waals surface area contributed by atoms with Crippen LogP contribution in [-0.4, -0.2) is 24.8 Å². The summed E-state index contributed by atoms with van der Waals surface area (Å²) in [5.41, 5.74) is 8.13. The van der Waals surface area contributed by atoms with Crippen LogP contribution in [0.2, 0.25) is 12.6 Å². The Labute approximate surface area is 338 Å². The number of aromatic nitrogens is 1. The average Bonchev–Trinajstić information content (AvgIpc) is 3.88. The molecule has 0 N–H and O–H groups in total. The molecule has 8 rings (SSSR count). The Kier molecular flexibility index (Phi) is 11.6. The predicted molar refractivity (Wildman–Crippen MR) is 235 cm³/mol. The number of thiophene rings is 1. The number of para-hydroxylation sites is 1. The predicted octanol–water partition coefficient (Wildman–Crippen LogP) is 13.5. The summed E-state index contributed by atoms with van der Waals surface area (Å²) in [6.45, 7) is 14.8. The van der Waals surface area contributed by atoms with E-state index in [2.05, 4.69) is 150 Å². The zero-order valence-corrected chi connectivity index (χ0v) is 37.8. The molecule has 7 heteroatoms. The summed E-state index contributed by atoms with van der Waals surface area (Å²) in [6, 6.07) is 38.2. The first-order chi connectivity index (χ1) is 25.5. The van der Waals surface area contributed by atoms with Gasteiger partial charge in [-0.1, -0.05) is 110 Å². The number of halogens is 2. The third-order valence-electron chi connectivity index (χ3n) is 11.4. The van der Waals surface area contributed by atoms with Crippen molar-refractivity contribution in [2.24, 2.45) is 7.05 Å². The van der Waals surface area contributed by atoms with Crippen molar-refractivity contribution in [3.05, 3.63) is 108 Å². The van der Waals surface area contributed by atoms with Gasteiger partial charge in [0.15, 0.2) is 0 Å². The van der Waals surface area contributed by atoms with Gasteiger partial charge in [0, 0.05) is 48.2 Å². The van der Waals surface area contributed by atoms with Crippen molar-refractivity contribution in [1.29, 1.82) is 0 Å². The molecule has 0 spiro atoms. The second-order valence-electron chi connectivity index (χ2n) is 15.8. The van der Waals surface area contributed by atoms with Crippen molar-refractivity contribution in [3.8, 4) is 11.1 Å². The van der Waals surface area contributed by atoms with E-state index < -0.39 is 28.9 Å². The van der Waals surface area contributed by atoms with Gasteiger partial charge in [-0.05, 0) is 57.0 Å². The Morgan fingerprint density at radius 2 is 1.49 bits per heavy atom. The van der Waals surface area contributed by atoms with Crippen LogP contribution >= 0.6 is 28.4 Å². The number of hydrogen-bond acceptors (Lipinski definition) is 2. The molecule has 0 aliphatic heterocycles. The van der Waals surface area contributed by atoms with Gasteiger partial charge in [0.2, 0.25) is 0 Å². The van der Waals surface area contributed by atoms with Gasteiger partial charge < -0.3 is 9.30 Å². The van der Waals surface area contributed by atoms with Crippen LogP contribution in [0.25, 0.3) is 63.9 Å². The van der Waals surface area contributed by atoms with E-state index in [0.29, 0.717) is 0 Å². The summed E-state index contributed by atoms with van der Waals surface area (Å²) in [6.07, 6.45) is 4.85. The molecule has 272 valence electrons. The van der Waals surface area contributed by atoms with Crippen LogP contribution in [0.15, 0.2) is 97.1 Å². The van der Waals surface area contributed by atoms with Crippen molar-refractivity contribution in [2.75, 3.05) is 6.61 Å². The van der Waals surface area contributed by atoms with E-state index in [9.17, 15) is 0 Å². The number of nitrogens with zero attached hydrogens (tertiary/aromatic N) is 1. The molecular weight excluding hydrogens is 805 g/mol. The van der Waals surface area contributed by atoms with Crippen molar-refractivity contribution < 1.29 is 25.6 Å². The first kappa shape index (κ1) is 38.8. The molecule has 2 nitrogen and oxygen atoms in total. The van der Waals surface area contributed by atoms with Crippen LogP contribution < -0.4 is 10.4 Å². The van der Waals surface area contributed by atoms with Gasteiger partial charge in [-0.2, -0.15) is 34.6 Å². The molecule has 6 aromatic carbocycles.